The number of imidazole rings is 1. The Morgan fingerprint density at radius 2 is 2.07 bits per heavy atom. The van der Waals surface area contributed by atoms with Gasteiger partial charge in [-0.25, -0.2) is 9.78 Å². The van der Waals surface area contributed by atoms with Gasteiger partial charge in [-0.2, -0.15) is 0 Å². The topological polar surface area (TPSA) is 135 Å². The minimum atomic E-state index is -0.835. The Hall–Kier alpha value is -3.86. The van der Waals surface area contributed by atoms with Crippen molar-refractivity contribution in [3.8, 4) is 11.4 Å². The van der Waals surface area contributed by atoms with Gasteiger partial charge in [0, 0.05) is 37.4 Å². The van der Waals surface area contributed by atoms with Crippen LogP contribution in [0.1, 0.15) is 49.6 Å². The van der Waals surface area contributed by atoms with Crippen molar-refractivity contribution in [2.45, 2.75) is 45.4 Å². The fourth-order valence-corrected chi connectivity index (χ4v) is 5.27. The van der Waals surface area contributed by atoms with Gasteiger partial charge in [0.2, 0.25) is 0 Å². The van der Waals surface area contributed by atoms with Crippen molar-refractivity contribution in [3.05, 3.63) is 80.7 Å². The number of pyridine rings is 1. The maximum atomic E-state index is 13.0. The molecule has 2 aromatic heterocycles. The van der Waals surface area contributed by atoms with Gasteiger partial charge in [0.15, 0.2) is 0 Å². The number of H-pyrrole nitrogens is 2. The minimum Gasteiger partial charge on any atom is -0.444 e. The fraction of sp³-hybridized carbons (Fsp3) is 0.367. The highest BCUT2D eigenvalue weighted by atomic mass is 35.5. The lowest BCUT2D eigenvalue weighted by molar-refractivity contribution is 0.0118. The lowest BCUT2D eigenvalue weighted by Gasteiger charge is -2.37. The van der Waals surface area contributed by atoms with Crippen molar-refractivity contribution >= 4 is 34.4 Å². The highest BCUT2D eigenvalue weighted by molar-refractivity contribution is 6.30. The Bertz CT molecular complexity index is 1630. The third-order valence-corrected chi connectivity index (χ3v) is 7.21. The van der Waals surface area contributed by atoms with E-state index in [1.54, 1.807) is 41.4 Å². The summed E-state index contributed by atoms with van der Waals surface area (Å²) in [5.41, 5.74) is 3.93. The van der Waals surface area contributed by atoms with E-state index in [1.165, 1.54) is 0 Å². The van der Waals surface area contributed by atoms with Crippen LogP contribution < -0.4 is 16.2 Å². The van der Waals surface area contributed by atoms with E-state index in [0.717, 1.165) is 22.2 Å². The average Bonchev–Trinajstić information content (AvgIpc) is 3.35. The second kappa shape index (κ2) is 11.6. The van der Waals surface area contributed by atoms with E-state index in [1.807, 2.05) is 39.8 Å². The molecule has 11 heteroatoms. The lowest BCUT2D eigenvalue weighted by Crippen LogP contribution is -2.50. The summed E-state index contributed by atoms with van der Waals surface area (Å²) in [5, 5.41) is 17.8. The number of aromatic amines is 2. The van der Waals surface area contributed by atoms with Gasteiger partial charge < -0.3 is 30.4 Å². The number of hydrogen-bond acceptors (Lipinski definition) is 7. The number of halogens is 1. The third kappa shape index (κ3) is 6.40. The van der Waals surface area contributed by atoms with Gasteiger partial charge in [0.05, 0.1) is 28.9 Å². The molecule has 5 rings (SSSR count). The highest BCUT2D eigenvalue weighted by Crippen LogP contribution is 2.31. The number of piperazine rings is 1. The summed E-state index contributed by atoms with van der Waals surface area (Å²) in [4.78, 5) is 38.6. The van der Waals surface area contributed by atoms with E-state index in [0.29, 0.717) is 47.3 Å². The molecule has 216 valence electrons. The molecular formula is C30H35ClN6O4. The number of aliphatic hydroxyl groups excluding tert-OH is 1. The summed E-state index contributed by atoms with van der Waals surface area (Å²) in [5.74, 6) is 0.396. The zero-order valence-electron chi connectivity index (χ0n) is 23.5. The number of benzene rings is 2. The molecule has 3 heterocycles. The number of anilines is 1. The van der Waals surface area contributed by atoms with Crippen LogP contribution in [-0.4, -0.2) is 62.8 Å². The third-order valence-electron chi connectivity index (χ3n) is 6.97. The number of rotatable bonds is 6. The summed E-state index contributed by atoms with van der Waals surface area (Å²) in [6.45, 7) is 9.50. The molecule has 0 aliphatic carbocycles. The lowest BCUT2D eigenvalue weighted by atomic mass is 10.0. The molecule has 0 saturated carbocycles. The van der Waals surface area contributed by atoms with Crippen LogP contribution in [0.4, 0.5) is 10.5 Å². The molecule has 1 fully saturated rings. The molecule has 1 saturated heterocycles. The number of nitrogens with one attached hydrogen (secondary N) is 4. The molecule has 2 unspecified atom stereocenters. The Morgan fingerprint density at radius 1 is 1.27 bits per heavy atom. The Kier molecular flexibility index (Phi) is 8.08. The molecule has 2 atom stereocenters. The predicted octanol–water partition coefficient (Wildman–Crippen LogP) is 4.91. The zero-order chi connectivity index (χ0) is 29.3. The van der Waals surface area contributed by atoms with Crippen LogP contribution >= 0.6 is 11.6 Å². The molecule has 1 aliphatic rings. The normalized spacial score (nSPS) is 16.5. The number of fused-ring (bicyclic) bond motifs is 1. The molecule has 4 aromatic rings. The number of nitrogens with zero attached hydrogens (tertiary/aromatic N) is 2. The van der Waals surface area contributed by atoms with E-state index in [4.69, 9.17) is 21.3 Å². The molecule has 2 aromatic carbocycles. The Balaban J connectivity index is 1.45. The van der Waals surface area contributed by atoms with Crippen LogP contribution in [0.2, 0.25) is 5.02 Å². The van der Waals surface area contributed by atoms with Crippen molar-refractivity contribution in [2.24, 2.45) is 0 Å². The number of amides is 1. The van der Waals surface area contributed by atoms with Crippen LogP contribution in [0.25, 0.3) is 22.4 Å². The van der Waals surface area contributed by atoms with Crippen molar-refractivity contribution in [2.75, 3.05) is 31.5 Å². The second-order valence-corrected chi connectivity index (χ2v) is 11.7. The van der Waals surface area contributed by atoms with E-state index in [9.17, 15) is 14.7 Å². The van der Waals surface area contributed by atoms with E-state index < -0.39 is 11.7 Å². The molecule has 1 amide bonds. The second-order valence-electron chi connectivity index (χ2n) is 11.3. The molecule has 0 spiro atoms. The van der Waals surface area contributed by atoms with Crippen molar-refractivity contribution in [1.82, 2.24) is 25.2 Å². The summed E-state index contributed by atoms with van der Waals surface area (Å²) < 4.78 is 5.68. The fourth-order valence-electron chi connectivity index (χ4n) is 5.07. The maximum absolute atomic E-state index is 13.0. The number of hydrogen-bond donors (Lipinski definition) is 5. The van der Waals surface area contributed by atoms with Crippen molar-refractivity contribution < 1.29 is 14.6 Å². The summed E-state index contributed by atoms with van der Waals surface area (Å²) in [6, 6.07) is 12.5. The van der Waals surface area contributed by atoms with E-state index in [-0.39, 0.29) is 24.2 Å². The first-order valence-electron chi connectivity index (χ1n) is 13.6. The molecule has 5 N–H and O–H groups in total. The smallest absolute Gasteiger partial charge is 0.410 e. The summed E-state index contributed by atoms with van der Waals surface area (Å²) in [7, 11) is 0. The summed E-state index contributed by atoms with van der Waals surface area (Å²) >= 11 is 6.07. The molecule has 0 radical (unpaired) electrons. The van der Waals surface area contributed by atoms with Crippen molar-refractivity contribution in [3.63, 3.8) is 0 Å². The van der Waals surface area contributed by atoms with Gasteiger partial charge >= 0.3 is 6.09 Å². The average molecular weight is 579 g/mol. The number of carbonyl (C=O) groups excluding carboxylic acids is 1. The largest absolute Gasteiger partial charge is 0.444 e. The number of aromatic nitrogens is 3. The van der Waals surface area contributed by atoms with Gasteiger partial charge in [-0.15, -0.1) is 0 Å². The van der Waals surface area contributed by atoms with E-state index in [2.05, 4.69) is 20.6 Å². The number of ether oxygens (including phenoxy) is 1. The quantitative estimate of drug-likeness (QED) is 0.219. The van der Waals surface area contributed by atoms with Gasteiger partial charge in [-0.05, 0) is 68.7 Å². The molecule has 10 nitrogen and oxygen atoms in total. The maximum Gasteiger partial charge on any atom is 0.410 e. The molecular weight excluding hydrogens is 544 g/mol. The van der Waals surface area contributed by atoms with Gasteiger partial charge in [0.25, 0.3) is 5.56 Å². The molecule has 1 aliphatic heterocycles. The Morgan fingerprint density at radius 3 is 2.83 bits per heavy atom. The number of carbonyl (C=O) groups is 1. The Labute approximate surface area is 243 Å². The first-order chi connectivity index (χ1) is 19.5. The summed E-state index contributed by atoms with van der Waals surface area (Å²) in [6.07, 6.45) is 0.365. The predicted molar refractivity (Wildman–Crippen MR) is 160 cm³/mol. The zero-order valence-corrected chi connectivity index (χ0v) is 24.3. The van der Waals surface area contributed by atoms with Crippen LogP contribution in [-0.2, 0) is 4.74 Å². The number of aliphatic hydroxyl groups is 1. The molecule has 0 bridgehead atoms. The van der Waals surface area contributed by atoms with Crippen molar-refractivity contribution in [1.29, 1.82) is 0 Å². The first-order valence-corrected chi connectivity index (χ1v) is 14.0. The van der Waals surface area contributed by atoms with E-state index >= 15 is 0 Å². The van der Waals surface area contributed by atoms with Crippen LogP contribution in [0.5, 0.6) is 0 Å². The number of aryl methyl sites for hydroxylation is 1. The van der Waals surface area contributed by atoms with Gasteiger partial charge in [-0.1, -0.05) is 29.8 Å². The molecule has 41 heavy (non-hydrogen) atoms. The van der Waals surface area contributed by atoms with Crippen LogP contribution in [0.3, 0.4) is 0 Å². The van der Waals surface area contributed by atoms with Crippen LogP contribution in [0.15, 0.2) is 53.5 Å². The van der Waals surface area contributed by atoms with Crippen LogP contribution in [0, 0.1) is 6.92 Å². The standard InChI is InChI=1S/C30H35ClN6O4/c1-17-12-19(23-15-32-10-11-37(23)29(40)41-30(2,3)4)14-22-26(17)36-27(35-22)25-21(8-9-33-28(25)39)34-16-24(38)18-6-5-7-20(31)13-18/h5-9,12-14,23-24,32,38H,10-11,15-16H2,1-4H3,(H,35,36)(H2,33,34,39). The van der Waals surface area contributed by atoms with Gasteiger partial charge in [0.1, 0.15) is 17.0 Å². The van der Waals surface area contributed by atoms with Gasteiger partial charge in [-0.3, -0.25) is 9.69 Å². The SMILES string of the molecule is Cc1cc(C2CNCCN2C(=O)OC(C)(C)C)cc2[nH]c(-c3c(NCC(O)c4cccc(Cl)c4)cc[nH]c3=O)nc12. The highest BCUT2D eigenvalue weighted by Gasteiger charge is 2.32. The first kappa shape index (κ1) is 28.7. The minimum absolute atomic E-state index is 0.162. The monoisotopic (exact) mass is 578 g/mol.